The van der Waals surface area contributed by atoms with Gasteiger partial charge in [-0.3, -0.25) is 4.79 Å². The summed E-state index contributed by atoms with van der Waals surface area (Å²) in [6.07, 6.45) is 1.71. The first-order chi connectivity index (χ1) is 9.65. The number of amides is 1. The third-order valence-corrected chi connectivity index (χ3v) is 4.68. The van der Waals surface area contributed by atoms with Crippen LogP contribution in [0.25, 0.3) is 0 Å². The van der Waals surface area contributed by atoms with Crippen LogP contribution in [-0.4, -0.2) is 29.0 Å². The van der Waals surface area contributed by atoms with Gasteiger partial charge in [-0.05, 0) is 13.8 Å². The van der Waals surface area contributed by atoms with Crippen LogP contribution in [0.15, 0.2) is 11.6 Å². The molecule has 3 N–H and O–H groups in total. The number of nitrogens with one attached hydrogen (secondary N) is 1. The van der Waals surface area contributed by atoms with E-state index in [9.17, 15) is 4.79 Å². The third kappa shape index (κ3) is 3.26. The highest BCUT2D eigenvalue weighted by Crippen LogP contribution is 2.27. The van der Waals surface area contributed by atoms with Gasteiger partial charge in [-0.2, -0.15) is 0 Å². The Kier molecular flexibility index (Phi) is 4.91. The van der Waals surface area contributed by atoms with Crippen molar-refractivity contribution in [2.45, 2.75) is 20.4 Å². The zero-order valence-electron chi connectivity index (χ0n) is 11.4. The van der Waals surface area contributed by atoms with Crippen molar-refractivity contribution in [2.75, 3.05) is 23.7 Å². The number of aromatic nitrogens is 2. The first kappa shape index (κ1) is 14.7. The van der Waals surface area contributed by atoms with Crippen molar-refractivity contribution in [2.24, 2.45) is 0 Å². The van der Waals surface area contributed by atoms with E-state index in [0.717, 1.165) is 23.2 Å². The van der Waals surface area contributed by atoms with E-state index >= 15 is 0 Å². The predicted molar refractivity (Wildman–Crippen MR) is 83.4 cm³/mol. The molecule has 2 rings (SSSR count). The van der Waals surface area contributed by atoms with Gasteiger partial charge in [0.15, 0.2) is 5.13 Å². The van der Waals surface area contributed by atoms with Crippen molar-refractivity contribution in [3.63, 3.8) is 0 Å². The van der Waals surface area contributed by atoms with Crippen molar-refractivity contribution in [3.8, 4) is 0 Å². The van der Waals surface area contributed by atoms with Gasteiger partial charge >= 0.3 is 0 Å². The van der Waals surface area contributed by atoms with E-state index in [1.165, 1.54) is 22.7 Å². The molecule has 0 saturated carbocycles. The molecule has 0 aliphatic carbocycles. The highest BCUT2D eigenvalue weighted by molar-refractivity contribution is 7.18. The fraction of sp³-hybridized carbons (Fsp3) is 0.417. The van der Waals surface area contributed by atoms with Gasteiger partial charge in [0.25, 0.3) is 5.91 Å². The Bertz CT molecular complexity index is 562. The van der Waals surface area contributed by atoms with Crippen molar-refractivity contribution >= 4 is 39.5 Å². The number of hydrogen-bond acceptors (Lipinski definition) is 7. The van der Waals surface area contributed by atoms with Gasteiger partial charge in [-0.1, -0.05) is 11.3 Å². The van der Waals surface area contributed by atoms with Crippen LogP contribution in [0.4, 0.5) is 10.9 Å². The van der Waals surface area contributed by atoms with E-state index in [1.807, 2.05) is 19.2 Å². The summed E-state index contributed by atoms with van der Waals surface area (Å²) in [6.45, 7) is 6.17. The molecule has 2 aromatic rings. The first-order valence-corrected chi connectivity index (χ1v) is 8.03. The van der Waals surface area contributed by atoms with Gasteiger partial charge in [0.2, 0.25) is 0 Å². The Morgan fingerprint density at radius 3 is 2.80 bits per heavy atom. The summed E-state index contributed by atoms with van der Waals surface area (Å²) in [5, 5.41) is 6.34. The summed E-state index contributed by atoms with van der Waals surface area (Å²) in [5.41, 5.74) is 5.84. The van der Waals surface area contributed by atoms with Crippen LogP contribution in [-0.2, 0) is 6.54 Å². The topological polar surface area (TPSA) is 84.1 Å². The van der Waals surface area contributed by atoms with Crippen LogP contribution < -0.4 is 16.0 Å². The number of carbonyl (C=O) groups is 1. The Hall–Kier alpha value is -1.67. The molecule has 1 amide bonds. The summed E-state index contributed by atoms with van der Waals surface area (Å²) in [4.78, 5) is 23.0. The molecule has 2 aromatic heterocycles. The minimum absolute atomic E-state index is 0.200. The second-order valence-electron chi connectivity index (χ2n) is 3.99. The highest BCUT2D eigenvalue weighted by atomic mass is 32.1. The SMILES string of the molecule is CCN(CC)c1nc(N)c(C(=O)NCc2nccs2)s1. The fourth-order valence-corrected chi connectivity index (χ4v) is 3.27. The van der Waals surface area contributed by atoms with E-state index in [2.05, 4.69) is 20.2 Å². The Morgan fingerprint density at radius 1 is 1.45 bits per heavy atom. The third-order valence-electron chi connectivity index (χ3n) is 2.77. The molecule has 108 valence electrons. The molecule has 0 aromatic carbocycles. The number of nitrogens with zero attached hydrogens (tertiary/aromatic N) is 3. The maximum atomic E-state index is 12.1. The molecule has 0 atom stereocenters. The molecule has 0 fully saturated rings. The van der Waals surface area contributed by atoms with Crippen LogP contribution in [0.2, 0.25) is 0 Å². The number of carbonyl (C=O) groups excluding carboxylic acids is 1. The first-order valence-electron chi connectivity index (χ1n) is 6.33. The van der Waals surface area contributed by atoms with Gasteiger partial charge in [0, 0.05) is 24.7 Å². The van der Waals surface area contributed by atoms with Gasteiger partial charge in [-0.15, -0.1) is 11.3 Å². The number of hydrogen-bond donors (Lipinski definition) is 2. The largest absolute Gasteiger partial charge is 0.382 e. The molecule has 2 heterocycles. The lowest BCUT2D eigenvalue weighted by Gasteiger charge is -2.16. The lowest BCUT2D eigenvalue weighted by Crippen LogP contribution is -2.22. The minimum atomic E-state index is -0.200. The maximum absolute atomic E-state index is 12.1. The average molecular weight is 311 g/mol. The van der Waals surface area contributed by atoms with Crippen molar-refractivity contribution in [1.82, 2.24) is 15.3 Å². The van der Waals surface area contributed by atoms with Crippen molar-refractivity contribution in [1.29, 1.82) is 0 Å². The van der Waals surface area contributed by atoms with E-state index in [-0.39, 0.29) is 11.7 Å². The molecule has 0 aliphatic rings. The van der Waals surface area contributed by atoms with Crippen LogP contribution in [0, 0.1) is 0 Å². The summed E-state index contributed by atoms with van der Waals surface area (Å²) in [6, 6.07) is 0. The van der Waals surface area contributed by atoms with Gasteiger partial charge in [0.1, 0.15) is 15.7 Å². The van der Waals surface area contributed by atoms with Crippen LogP contribution >= 0.6 is 22.7 Å². The highest BCUT2D eigenvalue weighted by Gasteiger charge is 2.18. The molecular formula is C12H17N5OS2. The lowest BCUT2D eigenvalue weighted by molar-refractivity contribution is 0.0955. The molecule has 0 aliphatic heterocycles. The molecule has 0 unspecified atom stereocenters. The van der Waals surface area contributed by atoms with Crippen LogP contribution in [0.1, 0.15) is 28.5 Å². The zero-order valence-corrected chi connectivity index (χ0v) is 13.1. The van der Waals surface area contributed by atoms with Crippen LogP contribution in [0.5, 0.6) is 0 Å². The predicted octanol–water partition coefficient (Wildman–Crippen LogP) is 1.96. The zero-order chi connectivity index (χ0) is 14.5. The van der Waals surface area contributed by atoms with Gasteiger partial charge in [-0.25, -0.2) is 9.97 Å². The molecule has 0 radical (unpaired) electrons. The number of thiazole rings is 2. The molecule has 20 heavy (non-hydrogen) atoms. The minimum Gasteiger partial charge on any atom is -0.382 e. The molecule has 0 saturated heterocycles. The van der Waals surface area contributed by atoms with Crippen molar-refractivity contribution < 1.29 is 4.79 Å². The Balaban J connectivity index is 2.06. The average Bonchev–Trinajstić information content (AvgIpc) is 3.07. The van der Waals surface area contributed by atoms with Crippen molar-refractivity contribution in [3.05, 3.63) is 21.5 Å². The molecule has 0 bridgehead atoms. The lowest BCUT2D eigenvalue weighted by atomic mass is 10.4. The van der Waals surface area contributed by atoms with E-state index in [0.29, 0.717) is 11.4 Å². The molecule has 0 spiro atoms. The van der Waals surface area contributed by atoms with Crippen LogP contribution in [0.3, 0.4) is 0 Å². The standard InChI is InChI=1S/C12H17N5OS2/c1-3-17(4-2)12-16-10(13)9(20-12)11(18)15-7-8-14-5-6-19-8/h5-6H,3-4,7,13H2,1-2H3,(H,15,18). The molecule has 6 nitrogen and oxygen atoms in total. The summed E-state index contributed by atoms with van der Waals surface area (Å²) in [5.74, 6) is 0.0853. The number of nitrogen functional groups attached to an aromatic ring is 1. The second kappa shape index (κ2) is 6.67. The summed E-state index contributed by atoms with van der Waals surface area (Å²) < 4.78 is 0. The van der Waals surface area contributed by atoms with E-state index in [1.54, 1.807) is 6.20 Å². The second-order valence-corrected chi connectivity index (χ2v) is 5.95. The monoisotopic (exact) mass is 311 g/mol. The fourth-order valence-electron chi connectivity index (χ4n) is 1.69. The smallest absolute Gasteiger partial charge is 0.265 e. The number of anilines is 2. The quantitative estimate of drug-likeness (QED) is 0.852. The summed E-state index contributed by atoms with van der Waals surface area (Å²) >= 11 is 2.83. The molecular weight excluding hydrogens is 294 g/mol. The Labute approximate surface area is 125 Å². The van der Waals surface area contributed by atoms with E-state index in [4.69, 9.17) is 5.73 Å². The van der Waals surface area contributed by atoms with E-state index < -0.39 is 0 Å². The molecule has 8 heteroatoms. The maximum Gasteiger partial charge on any atom is 0.265 e. The number of rotatable bonds is 6. The number of nitrogens with two attached hydrogens (primary N) is 1. The van der Waals surface area contributed by atoms with Gasteiger partial charge < -0.3 is 16.0 Å². The van der Waals surface area contributed by atoms with Gasteiger partial charge in [0.05, 0.1) is 6.54 Å². The summed E-state index contributed by atoms with van der Waals surface area (Å²) in [7, 11) is 0. The Morgan fingerprint density at radius 2 is 2.20 bits per heavy atom. The normalized spacial score (nSPS) is 10.5.